The number of amides is 1. The van der Waals surface area contributed by atoms with E-state index in [1.54, 1.807) is 7.11 Å². The first-order chi connectivity index (χ1) is 13.5. The van der Waals surface area contributed by atoms with E-state index < -0.39 is 0 Å². The fraction of sp³-hybridized carbons (Fsp3) is 0.571. The molecule has 1 saturated carbocycles. The van der Waals surface area contributed by atoms with Gasteiger partial charge >= 0.3 is 0 Å². The Balaban J connectivity index is 1.64. The summed E-state index contributed by atoms with van der Waals surface area (Å²) < 4.78 is 7.28. The van der Waals surface area contributed by atoms with Crippen molar-refractivity contribution < 1.29 is 9.53 Å². The van der Waals surface area contributed by atoms with Crippen LogP contribution in [-0.2, 0) is 11.3 Å². The number of nitrogens with zero attached hydrogens (tertiary/aromatic N) is 4. The van der Waals surface area contributed by atoms with Crippen LogP contribution in [-0.4, -0.2) is 51.5 Å². The van der Waals surface area contributed by atoms with Gasteiger partial charge in [0.25, 0.3) is 0 Å². The Labute approximate surface area is 171 Å². The number of benzene rings is 1. The molecule has 1 heterocycles. The van der Waals surface area contributed by atoms with Crippen LogP contribution in [0.3, 0.4) is 0 Å². The van der Waals surface area contributed by atoms with Gasteiger partial charge in [0, 0.05) is 25.2 Å². The first kappa shape index (κ1) is 20.7. The quantitative estimate of drug-likeness (QED) is 0.653. The SMILES string of the molecule is CCn1c(SCC(=O)N(C)C2CCC(C)CC2)nnc1-c1ccc(OC)cc1. The lowest BCUT2D eigenvalue weighted by Crippen LogP contribution is -2.40. The average molecular weight is 403 g/mol. The second-order valence-electron chi connectivity index (χ2n) is 7.49. The molecular weight excluding hydrogens is 372 g/mol. The van der Waals surface area contributed by atoms with E-state index >= 15 is 0 Å². The van der Waals surface area contributed by atoms with Crippen LogP contribution in [0.4, 0.5) is 0 Å². The number of rotatable bonds is 7. The third-order valence-electron chi connectivity index (χ3n) is 5.63. The van der Waals surface area contributed by atoms with Crippen LogP contribution in [0.2, 0.25) is 0 Å². The Morgan fingerprint density at radius 2 is 1.89 bits per heavy atom. The summed E-state index contributed by atoms with van der Waals surface area (Å²) in [6.07, 6.45) is 4.65. The van der Waals surface area contributed by atoms with Crippen molar-refractivity contribution in [2.24, 2.45) is 5.92 Å². The molecule has 7 heteroatoms. The Morgan fingerprint density at radius 1 is 1.21 bits per heavy atom. The van der Waals surface area contributed by atoms with Gasteiger partial charge in [0.2, 0.25) is 5.91 Å². The van der Waals surface area contributed by atoms with E-state index in [1.165, 1.54) is 24.6 Å². The lowest BCUT2D eigenvalue weighted by atomic mass is 9.87. The Bertz CT molecular complexity index is 782. The zero-order valence-corrected chi connectivity index (χ0v) is 18.0. The molecule has 0 aliphatic heterocycles. The van der Waals surface area contributed by atoms with E-state index in [9.17, 15) is 4.79 Å². The molecule has 0 unspecified atom stereocenters. The molecule has 0 spiro atoms. The summed E-state index contributed by atoms with van der Waals surface area (Å²) in [6, 6.07) is 8.17. The second-order valence-corrected chi connectivity index (χ2v) is 8.43. The van der Waals surface area contributed by atoms with Crippen molar-refractivity contribution in [1.29, 1.82) is 0 Å². The number of aromatic nitrogens is 3. The molecule has 1 fully saturated rings. The topological polar surface area (TPSA) is 60.2 Å². The highest BCUT2D eigenvalue weighted by atomic mass is 32.2. The Hall–Kier alpha value is -2.02. The fourth-order valence-corrected chi connectivity index (χ4v) is 4.62. The predicted octanol–water partition coefficient (Wildman–Crippen LogP) is 4.10. The van der Waals surface area contributed by atoms with Crippen molar-refractivity contribution >= 4 is 17.7 Å². The van der Waals surface area contributed by atoms with Crippen molar-refractivity contribution in [1.82, 2.24) is 19.7 Å². The smallest absolute Gasteiger partial charge is 0.233 e. The van der Waals surface area contributed by atoms with Crippen LogP contribution in [0.25, 0.3) is 11.4 Å². The van der Waals surface area contributed by atoms with Gasteiger partial charge in [-0.3, -0.25) is 4.79 Å². The molecule has 6 nitrogen and oxygen atoms in total. The molecule has 3 rings (SSSR count). The van der Waals surface area contributed by atoms with Gasteiger partial charge in [-0.05, 0) is 62.8 Å². The summed E-state index contributed by atoms with van der Waals surface area (Å²) in [4.78, 5) is 14.6. The minimum absolute atomic E-state index is 0.168. The highest BCUT2D eigenvalue weighted by molar-refractivity contribution is 7.99. The van der Waals surface area contributed by atoms with Crippen molar-refractivity contribution in [2.75, 3.05) is 19.9 Å². The Morgan fingerprint density at radius 3 is 2.50 bits per heavy atom. The minimum atomic E-state index is 0.168. The molecule has 0 saturated heterocycles. The third-order valence-corrected chi connectivity index (χ3v) is 6.58. The zero-order valence-electron chi connectivity index (χ0n) is 17.2. The van der Waals surface area contributed by atoms with Gasteiger partial charge < -0.3 is 14.2 Å². The molecule has 0 N–H and O–H groups in total. The number of thioether (sulfide) groups is 1. The van der Waals surface area contributed by atoms with Crippen LogP contribution >= 0.6 is 11.8 Å². The molecule has 1 aliphatic carbocycles. The van der Waals surface area contributed by atoms with Crippen molar-refractivity contribution in [3.05, 3.63) is 24.3 Å². The van der Waals surface area contributed by atoms with Crippen LogP contribution in [0, 0.1) is 5.92 Å². The van der Waals surface area contributed by atoms with Gasteiger partial charge in [0.1, 0.15) is 5.75 Å². The van der Waals surface area contributed by atoms with Gasteiger partial charge in [0.05, 0.1) is 12.9 Å². The first-order valence-electron chi connectivity index (χ1n) is 9.99. The zero-order chi connectivity index (χ0) is 20.1. The van der Waals surface area contributed by atoms with Crippen LogP contribution < -0.4 is 4.74 Å². The van der Waals surface area contributed by atoms with Crippen molar-refractivity contribution in [2.45, 2.75) is 57.3 Å². The molecule has 1 aromatic heterocycles. The highest BCUT2D eigenvalue weighted by Gasteiger charge is 2.25. The van der Waals surface area contributed by atoms with Crippen molar-refractivity contribution in [3.8, 4) is 17.1 Å². The number of hydrogen-bond acceptors (Lipinski definition) is 5. The standard InChI is InChI=1S/C21H30N4O2S/c1-5-25-20(16-8-12-18(27-4)13-9-16)22-23-21(25)28-14-19(26)24(3)17-10-6-15(2)7-11-17/h8-9,12-13,15,17H,5-7,10-11,14H2,1-4H3. The van der Waals surface area contributed by atoms with E-state index in [0.29, 0.717) is 11.8 Å². The lowest BCUT2D eigenvalue weighted by Gasteiger charge is -2.33. The van der Waals surface area contributed by atoms with Crippen molar-refractivity contribution in [3.63, 3.8) is 0 Å². The summed E-state index contributed by atoms with van der Waals surface area (Å²) in [5.41, 5.74) is 0.988. The summed E-state index contributed by atoms with van der Waals surface area (Å²) in [5.74, 6) is 2.97. The van der Waals surface area contributed by atoms with E-state index in [2.05, 4.69) is 28.6 Å². The molecule has 1 amide bonds. The maximum atomic E-state index is 12.7. The van der Waals surface area contributed by atoms with E-state index in [0.717, 1.165) is 47.6 Å². The minimum Gasteiger partial charge on any atom is -0.497 e. The van der Waals surface area contributed by atoms with Gasteiger partial charge in [-0.2, -0.15) is 0 Å². The van der Waals surface area contributed by atoms with Crippen LogP contribution in [0.5, 0.6) is 5.75 Å². The molecule has 28 heavy (non-hydrogen) atoms. The summed E-state index contributed by atoms with van der Waals surface area (Å²) >= 11 is 1.47. The predicted molar refractivity (Wildman–Crippen MR) is 113 cm³/mol. The largest absolute Gasteiger partial charge is 0.497 e. The molecule has 1 aromatic carbocycles. The van der Waals surface area contributed by atoms with E-state index in [1.807, 2.05) is 36.2 Å². The van der Waals surface area contributed by atoms with E-state index in [-0.39, 0.29) is 5.91 Å². The Kier molecular flexibility index (Phi) is 6.99. The average Bonchev–Trinajstić information content (AvgIpc) is 3.15. The van der Waals surface area contributed by atoms with E-state index in [4.69, 9.17) is 4.74 Å². The summed E-state index contributed by atoms with van der Waals surface area (Å²) in [5, 5.41) is 9.48. The lowest BCUT2D eigenvalue weighted by molar-refractivity contribution is -0.129. The normalized spacial score (nSPS) is 19.4. The van der Waals surface area contributed by atoms with Crippen LogP contribution in [0.15, 0.2) is 29.4 Å². The molecule has 1 aliphatic rings. The number of methoxy groups -OCH3 is 1. The molecule has 152 valence electrons. The number of carbonyl (C=O) groups is 1. The van der Waals surface area contributed by atoms with Gasteiger partial charge in [-0.1, -0.05) is 18.7 Å². The maximum absolute atomic E-state index is 12.7. The monoisotopic (exact) mass is 402 g/mol. The number of hydrogen-bond donors (Lipinski definition) is 0. The molecule has 2 aromatic rings. The first-order valence-corrected chi connectivity index (χ1v) is 11.0. The summed E-state index contributed by atoms with van der Waals surface area (Å²) in [6.45, 7) is 5.12. The second kappa shape index (κ2) is 9.45. The van der Waals surface area contributed by atoms with Gasteiger partial charge in [0.15, 0.2) is 11.0 Å². The molecule has 0 radical (unpaired) electrons. The molecule has 0 atom stereocenters. The fourth-order valence-electron chi connectivity index (χ4n) is 3.70. The maximum Gasteiger partial charge on any atom is 0.233 e. The number of carbonyl (C=O) groups excluding carboxylic acids is 1. The van der Waals surface area contributed by atoms with Gasteiger partial charge in [-0.15, -0.1) is 10.2 Å². The molecular formula is C21H30N4O2S. The van der Waals surface area contributed by atoms with Gasteiger partial charge in [-0.25, -0.2) is 0 Å². The molecule has 0 bridgehead atoms. The summed E-state index contributed by atoms with van der Waals surface area (Å²) in [7, 11) is 3.59. The van der Waals surface area contributed by atoms with Crippen LogP contribution in [0.1, 0.15) is 39.5 Å². The third kappa shape index (κ3) is 4.69. The number of ether oxygens (including phenoxy) is 1. The highest BCUT2D eigenvalue weighted by Crippen LogP contribution is 2.28.